The average Bonchev–Trinajstić information content (AvgIpc) is 2.26. The van der Waals surface area contributed by atoms with Crippen LogP contribution < -0.4 is 10.1 Å². The third-order valence-corrected chi connectivity index (χ3v) is 1.98. The summed E-state index contributed by atoms with van der Waals surface area (Å²) in [6.45, 7) is 1.93. The van der Waals surface area contributed by atoms with Gasteiger partial charge < -0.3 is 10.1 Å². The SMILES string of the molecule is CCC(=NC)Nc1ccc(OC(F)(F)F)cc1. The van der Waals surface area contributed by atoms with Crippen LogP contribution in [0.25, 0.3) is 0 Å². The van der Waals surface area contributed by atoms with Gasteiger partial charge in [-0.1, -0.05) is 6.92 Å². The number of aliphatic imine (C=N–C) groups is 1. The molecule has 1 aromatic carbocycles. The summed E-state index contributed by atoms with van der Waals surface area (Å²) in [5, 5.41) is 2.98. The van der Waals surface area contributed by atoms with Gasteiger partial charge in [0.25, 0.3) is 0 Å². The molecule has 0 radical (unpaired) electrons. The number of alkyl halides is 3. The second-order valence-corrected chi connectivity index (χ2v) is 3.22. The zero-order chi connectivity index (χ0) is 12.9. The summed E-state index contributed by atoms with van der Waals surface area (Å²) < 4.78 is 39.5. The largest absolute Gasteiger partial charge is 0.573 e. The number of hydrogen-bond acceptors (Lipinski definition) is 2. The fraction of sp³-hybridized carbons (Fsp3) is 0.364. The normalized spacial score (nSPS) is 12.4. The third kappa shape index (κ3) is 4.76. The van der Waals surface area contributed by atoms with Crippen LogP contribution in [0.15, 0.2) is 29.3 Å². The van der Waals surface area contributed by atoms with Gasteiger partial charge in [-0.3, -0.25) is 4.99 Å². The lowest BCUT2D eigenvalue weighted by Crippen LogP contribution is -2.17. The van der Waals surface area contributed by atoms with Gasteiger partial charge in [-0.2, -0.15) is 0 Å². The van der Waals surface area contributed by atoms with Crippen molar-refractivity contribution >= 4 is 11.5 Å². The number of nitrogens with zero attached hydrogens (tertiary/aromatic N) is 1. The Morgan fingerprint density at radius 1 is 1.29 bits per heavy atom. The van der Waals surface area contributed by atoms with E-state index < -0.39 is 6.36 Å². The fourth-order valence-corrected chi connectivity index (χ4v) is 1.21. The van der Waals surface area contributed by atoms with Crippen LogP contribution in [0.4, 0.5) is 18.9 Å². The molecular weight excluding hydrogens is 233 g/mol. The van der Waals surface area contributed by atoms with E-state index in [4.69, 9.17) is 0 Å². The van der Waals surface area contributed by atoms with Crippen molar-refractivity contribution in [3.63, 3.8) is 0 Å². The quantitative estimate of drug-likeness (QED) is 0.654. The molecule has 17 heavy (non-hydrogen) atoms. The summed E-state index contributed by atoms with van der Waals surface area (Å²) in [5.74, 6) is 0.518. The van der Waals surface area contributed by atoms with Gasteiger partial charge in [-0.25, -0.2) is 0 Å². The zero-order valence-corrected chi connectivity index (χ0v) is 9.51. The van der Waals surface area contributed by atoms with Crippen molar-refractivity contribution in [3.05, 3.63) is 24.3 Å². The molecule has 0 saturated heterocycles. The summed E-state index contributed by atoms with van der Waals surface area (Å²) in [6.07, 6.45) is -3.94. The van der Waals surface area contributed by atoms with Crippen molar-refractivity contribution in [1.29, 1.82) is 0 Å². The number of rotatable bonds is 3. The van der Waals surface area contributed by atoms with Crippen LogP contribution in [0.3, 0.4) is 0 Å². The molecule has 0 amide bonds. The van der Waals surface area contributed by atoms with Gasteiger partial charge in [0.1, 0.15) is 11.6 Å². The molecule has 0 spiro atoms. The van der Waals surface area contributed by atoms with Gasteiger partial charge >= 0.3 is 6.36 Å². The molecule has 94 valence electrons. The minimum absolute atomic E-state index is 0.241. The van der Waals surface area contributed by atoms with Crippen molar-refractivity contribution in [2.24, 2.45) is 4.99 Å². The van der Waals surface area contributed by atoms with E-state index in [-0.39, 0.29) is 5.75 Å². The van der Waals surface area contributed by atoms with Gasteiger partial charge in [0.2, 0.25) is 0 Å². The molecule has 0 atom stereocenters. The van der Waals surface area contributed by atoms with E-state index in [1.165, 1.54) is 24.3 Å². The number of halogens is 3. The Morgan fingerprint density at radius 2 is 1.88 bits per heavy atom. The molecule has 0 aromatic heterocycles. The fourth-order valence-electron chi connectivity index (χ4n) is 1.21. The monoisotopic (exact) mass is 246 g/mol. The smallest absolute Gasteiger partial charge is 0.406 e. The highest BCUT2D eigenvalue weighted by Crippen LogP contribution is 2.23. The highest BCUT2D eigenvalue weighted by Gasteiger charge is 2.30. The molecule has 0 aliphatic carbocycles. The standard InChI is InChI=1S/C11H13F3N2O/c1-3-10(15-2)16-8-4-6-9(7-5-8)17-11(12,13)14/h4-7H,3H2,1-2H3,(H,15,16). The van der Waals surface area contributed by atoms with E-state index in [9.17, 15) is 13.2 Å². The molecule has 0 bridgehead atoms. The van der Waals surface area contributed by atoms with E-state index in [1.54, 1.807) is 7.05 Å². The molecule has 6 heteroatoms. The molecular formula is C11H13F3N2O. The summed E-state index contributed by atoms with van der Waals surface area (Å²) in [7, 11) is 1.65. The van der Waals surface area contributed by atoms with E-state index in [0.717, 1.165) is 12.3 Å². The number of hydrogen-bond donors (Lipinski definition) is 1. The van der Waals surface area contributed by atoms with Crippen molar-refractivity contribution in [3.8, 4) is 5.75 Å². The first-order chi connectivity index (χ1) is 7.94. The van der Waals surface area contributed by atoms with Crippen molar-refractivity contribution in [2.75, 3.05) is 12.4 Å². The first-order valence-corrected chi connectivity index (χ1v) is 5.03. The minimum Gasteiger partial charge on any atom is -0.406 e. The Hall–Kier alpha value is -1.72. The molecule has 1 aromatic rings. The number of nitrogens with one attached hydrogen (secondary N) is 1. The first kappa shape index (κ1) is 13.3. The minimum atomic E-state index is -4.66. The van der Waals surface area contributed by atoms with Crippen molar-refractivity contribution < 1.29 is 17.9 Å². The predicted octanol–water partition coefficient (Wildman–Crippen LogP) is 3.44. The van der Waals surface area contributed by atoms with Crippen LogP contribution in [0.5, 0.6) is 5.75 Å². The molecule has 1 N–H and O–H groups in total. The summed E-state index contributed by atoms with van der Waals surface area (Å²) in [4.78, 5) is 3.98. The maximum Gasteiger partial charge on any atom is 0.573 e. The molecule has 0 aliphatic rings. The number of amidine groups is 1. The van der Waals surface area contributed by atoms with Crippen LogP contribution in [-0.4, -0.2) is 19.2 Å². The molecule has 0 saturated carbocycles. The van der Waals surface area contributed by atoms with Crippen LogP contribution >= 0.6 is 0 Å². The molecule has 0 heterocycles. The summed E-state index contributed by atoms with van der Waals surface area (Å²) >= 11 is 0. The molecule has 1 rings (SSSR count). The third-order valence-electron chi connectivity index (χ3n) is 1.98. The van der Waals surface area contributed by atoms with Crippen LogP contribution in [0.2, 0.25) is 0 Å². The van der Waals surface area contributed by atoms with Crippen molar-refractivity contribution in [2.45, 2.75) is 19.7 Å². The lowest BCUT2D eigenvalue weighted by molar-refractivity contribution is -0.274. The lowest BCUT2D eigenvalue weighted by Gasteiger charge is -2.10. The van der Waals surface area contributed by atoms with Gasteiger partial charge in [-0.05, 0) is 24.3 Å². The van der Waals surface area contributed by atoms with Crippen LogP contribution in [0, 0.1) is 0 Å². The highest BCUT2D eigenvalue weighted by atomic mass is 19.4. The van der Waals surface area contributed by atoms with Gasteiger partial charge in [0.05, 0.1) is 0 Å². The Bertz CT molecular complexity index is 385. The molecule has 3 nitrogen and oxygen atoms in total. The second kappa shape index (κ2) is 5.56. The maximum absolute atomic E-state index is 11.9. The Balaban J connectivity index is 2.68. The number of anilines is 1. The van der Waals surface area contributed by atoms with E-state index in [0.29, 0.717) is 5.69 Å². The Kier molecular flexibility index (Phi) is 4.37. The topological polar surface area (TPSA) is 33.6 Å². The average molecular weight is 246 g/mol. The van der Waals surface area contributed by atoms with Crippen LogP contribution in [0.1, 0.15) is 13.3 Å². The van der Waals surface area contributed by atoms with Gasteiger partial charge in [0.15, 0.2) is 0 Å². The van der Waals surface area contributed by atoms with E-state index in [2.05, 4.69) is 15.0 Å². The van der Waals surface area contributed by atoms with Crippen LogP contribution in [-0.2, 0) is 0 Å². The summed E-state index contributed by atoms with van der Waals surface area (Å²) in [6, 6.07) is 5.50. The molecule has 0 unspecified atom stereocenters. The second-order valence-electron chi connectivity index (χ2n) is 3.22. The highest BCUT2D eigenvalue weighted by molar-refractivity contribution is 5.95. The first-order valence-electron chi connectivity index (χ1n) is 5.03. The molecule has 0 fully saturated rings. The predicted molar refractivity (Wildman–Crippen MR) is 60.4 cm³/mol. The number of ether oxygens (including phenoxy) is 1. The molecule has 0 aliphatic heterocycles. The zero-order valence-electron chi connectivity index (χ0n) is 9.51. The lowest BCUT2D eigenvalue weighted by atomic mass is 10.3. The van der Waals surface area contributed by atoms with Gasteiger partial charge in [-0.15, -0.1) is 13.2 Å². The van der Waals surface area contributed by atoms with E-state index in [1.807, 2.05) is 6.92 Å². The number of benzene rings is 1. The van der Waals surface area contributed by atoms with E-state index >= 15 is 0 Å². The Labute approximate surface area is 97.3 Å². The maximum atomic E-state index is 11.9. The summed E-state index contributed by atoms with van der Waals surface area (Å²) in [5.41, 5.74) is 0.668. The Morgan fingerprint density at radius 3 is 2.29 bits per heavy atom. The van der Waals surface area contributed by atoms with Gasteiger partial charge in [0, 0.05) is 19.2 Å². The van der Waals surface area contributed by atoms with Crippen molar-refractivity contribution in [1.82, 2.24) is 0 Å².